The minimum atomic E-state index is -0.787. The fraction of sp³-hybridized carbons (Fsp3) is 0.500. The zero-order valence-electron chi connectivity index (χ0n) is 8.90. The molecule has 1 saturated heterocycles. The molecule has 1 aromatic rings. The minimum Gasteiger partial charge on any atom is -0.496 e. The lowest BCUT2D eigenvalue weighted by Crippen LogP contribution is -2.33. The van der Waals surface area contributed by atoms with E-state index >= 15 is 0 Å². The van der Waals surface area contributed by atoms with Gasteiger partial charge in [-0.15, -0.1) is 0 Å². The summed E-state index contributed by atoms with van der Waals surface area (Å²) >= 11 is 0. The summed E-state index contributed by atoms with van der Waals surface area (Å²) in [5, 5.41) is 10.5. The Kier molecular flexibility index (Phi) is 2.93. The highest BCUT2D eigenvalue weighted by Crippen LogP contribution is 2.37. The van der Waals surface area contributed by atoms with Crippen LogP contribution >= 0.6 is 0 Å². The van der Waals surface area contributed by atoms with Gasteiger partial charge in [0.25, 0.3) is 0 Å². The second kappa shape index (κ2) is 4.21. The summed E-state index contributed by atoms with van der Waals surface area (Å²) in [5.41, 5.74) is 0.0843. The third-order valence-electron chi connectivity index (χ3n) is 2.93. The van der Waals surface area contributed by atoms with Gasteiger partial charge in [-0.2, -0.15) is 0 Å². The number of rotatable bonds is 2. The maximum absolute atomic E-state index is 10.5. The van der Waals surface area contributed by atoms with Crippen molar-refractivity contribution in [3.8, 4) is 5.75 Å². The van der Waals surface area contributed by atoms with E-state index in [4.69, 9.17) is 9.47 Å². The average molecular weight is 208 g/mol. The lowest BCUT2D eigenvalue weighted by atomic mass is 9.86. The van der Waals surface area contributed by atoms with Crippen molar-refractivity contribution in [1.29, 1.82) is 0 Å². The van der Waals surface area contributed by atoms with Gasteiger partial charge in [0, 0.05) is 31.6 Å². The van der Waals surface area contributed by atoms with Crippen LogP contribution in [0.2, 0.25) is 0 Å². The molecule has 15 heavy (non-hydrogen) atoms. The van der Waals surface area contributed by atoms with E-state index in [9.17, 15) is 5.11 Å². The molecule has 3 nitrogen and oxygen atoms in total. The number of para-hydroxylation sites is 1. The molecule has 1 fully saturated rings. The van der Waals surface area contributed by atoms with Crippen LogP contribution in [0.15, 0.2) is 24.3 Å². The molecule has 0 saturated carbocycles. The summed E-state index contributed by atoms with van der Waals surface area (Å²) in [6.45, 7) is 1.21. The molecule has 0 atom stereocenters. The SMILES string of the molecule is COc1ccccc1C1(O)CCOCC1. The van der Waals surface area contributed by atoms with E-state index < -0.39 is 5.60 Å². The van der Waals surface area contributed by atoms with Gasteiger partial charge in [-0.05, 0) is 6.07 Å². The maximum atomic E-state index is 10.5. The van der Waals surface area contributed by atoms with E-state index in [1.807, 2.05) is 24.3 Å². The topological polar surface area (TPSA) is 38.7 Å². The smallest absolute Gasteiger partial charge is 0.124 e. The number of ether oxygens (including phenoxy) is 2. The zero-order chi connectivity index (χ0) is 10.7. The molecule has 2 rings (SSSR count). The highest BCUT2D eigenvalue weighted by molar-refractivity contribution is 5.38. The van der Waals surface area contributed by atoms with Crippen molar-refractivity contribution in [1.82, 2.24) is 0 Å². The van der Waals surface area contributed by atoms with Crippen LogP contribution in [0.25, 0.3) is 0 Å². The Morgan fingerprint density at radius 2 is 1.93 bits per heavy atom. The van der Waals surface area contributed by atoms with Crippen LogP contribution in [0, 0.1) is 0 Å². The molecular formula is C12H16O3. The summed E-state index contributed by atoms with van der Waals surface area (Å²) in [7, 11) is 1.63. The van der Waals surface area contributed by atoms with E-state index in [0.29, 0.717) is 26.1 Å². The number of hydrogen-bond donors (Lipinski definition) is 1. The molecule has 0 radical (unpaired) electrons. The van der Waals surface area contributed by atoms with E-state index in [-0.39, 0.29) is 0 Å². The van der Waals surface area contributed by atoms with Crippen molar-refractivity contribution >= 4 is 0 Å². The van der Waals surface area contributed by atoms with Crippen molar-refractivity contribution in [3.63, 3.8) is 0 Å². The predicted molar refractivity (Wildman–Crippen MR) is 56.9 cm³/mol. The van der Waals surface area contributed by atoms with Gasteiger partial charge in [-0.25, -0.2) is 0 Å². The third-order valence-corrected chi connectivity index (χ3v) is 2.93. The van der Waals surface area contributed by atoms with Crippen LogP contribution in [0.3, 0.4) is 0 Å². The summed E-state index contributed by atoms with van der Waals surface area (Å²) in [6, 6.07) is 7.63. The first-order valence-corrected chi connectivity index (χ1v) is 5.20. The van der Waals surface area contributed by atoms with Crippen LogP contribution in [0.5, 0.6) is 5.75 Å². The lowest BCUT2D eigenvalue weighted by Gasteiger charge is -2.33. The van der Waals surface area contributed by atoms with Crippen molar-refractivity contribution in [2.45, 2.75) is 18.4 Å². The standard InChI is InChI=1S/C12H16O3/c1-14-11-5-3-2-4-10(11)12(13)6-8-15-9-7-12/h2-5,13H,6-9H2,1H3. The van der Waals surface area contributed by atoms with Gasteiger partial charge in [-0.3, -0.25) is 0 Å². The monoisotopic (exact) mass is 208 g/mol. The summed E-state index contributed by atoms with van der Waals surface area (Å²) < 4.78 is 10.5. The molecule has 82 valence electrons. The Hall–Kier alpha value is -1.06. The molecule has 0 spiro atoms. The quantitative estimate of drug-likeness (QED) is 0.803. The molecule has 0 bridgehead atoms. The van der Waals surface area contributed by atoms with Crippen molar-refractivity contribution in [3.05, 3.63) is 29.8 Å². The predicted octanol–water partition coefficient (Wildman–Crippen LogP) is 1.69. The highest BCUT2D eigenvalue weighted by atomic mass is 16.5. The van der Waals surface area contributed by atoms with E-state index in [1.54, 1.807) is 7.11 Å². The molecule has 3 heteroatoms. The van der Waals surface area contributed by atoms with Gasteiger partial charge >= 0.3 is 0 Å². The van der Waals surface area contributed by atoms with Crippen LogP contribution in [0.4, 0.5) is 0 Å². The molecule has 0 aliphatic carbocycles. The van der Waals surface area contributed by atoms with Gasteiger partial charge in [0.2, 0.25) is 0 Å². The van der Waals surface area contributed by atoms with Gasteiger partial charge in [0.1, 0.15) is 5.75 Å². The normalized spacial score (nSPS) is 19.9. The van der Waals surface area contributed by atoms with E-state index in [2.05, 4.69) is 0 Å². The molecule has 0 aromatic heterocycles. The Morgan fingerprint density at radius 3 is 2.60 bits per heavy atom. The Bertz CT molecular complexity index is 329. The van der Waals surface area contributed by atoms with Crippen LogP contribution < -0.4 is 4.74 Å². The first-order chi connectivity index (χ1) is 7.26. The van der Waals surface area contributed by atoms with Crippen molar-refractivity contribution < 1.29 is 14.6 Å². The number of hydrogen-bond acceptors (Lipinski definition) is 3. The van der Waals surface area contributed by atoms with E-state index in [1.165, 1.54) is 0 Å². The maximum Gasteiger partial charge on any atom is 0.124 e. The van der Waals surface area contributed by atoms with Crippen LogP contribution in [-0.4, -0.2) is 25.4 Å². The van der Waals surface area contributed by atoms with Crippen LogP contribution in [-0.2, 0) is 10.3 Å². The summed E-state index contributed by atoms with van der Waals surface area (Å²) in [4.78, 5) is 0. The number of benzene rings is 1. The Balaban J connectivity index is 2.34. The Morgan fingerprint density at radius 1 is 1.27 bits per heavy atom. The fourth-order valence-corrected chi connectivity index (χ4v) is 2.01. The largest absolute Gasteiger partial charge is 0.496 e. The first kappa shape index (κ1) is 10.5. The number of methoxy groups -OCH3 is 1. The first-order valence-electron chi connectivity index (χ1n) is 5.20. The second-order valence-electron chi connectivity index (χ2n) is 3.84. The van der Waals surface area contributed by atoms with Gasteiger partial charge in [0.15, 0.2) is 0 Å². The molecule has 0 unspecified atom stereocenters. The molecule has 1 N–H and O–H groups in total. The van der Waals surface area contributed by atoms with E-state index in [0.717, 1.165) is 11.3 Å². The van der Waals surface area contributed by atoms with Gasteiger partial charge in [0.05, 0.1) is 12.7 Å². The Labute approximate surface area is 89.6 Å². The van der Waals surface area contributed by atoms with Gasteiger partial charge in [-0.1, -0.05) is 18.2 Å². The summed E-state index contributed by atoms with van der Waals surface area (Å²) in [5.74, 6) is 0.752. The number of aliphatic hydroxyl groups is 1. The molecule has 0 amide bonds. The molecule has 1 aliphatic heterocycles. The molecular weight excluding hydrogens is 192 g/mol. The highest BCUT2D eigenvalue weighted by Gasteiger charge is 2.33. The molecule has 1 heterocycles. The van der Waals surface area contributed by atoms with Gasteiger partial charge < -0.3 is 14.6 Å². The lowest BCUT2D eigenvalue weighted by molar-refractivity contribution is -0.0689. The fourth-order valence-electron chi connectivity index (χ4n) is 2.01. The third kappa shape index (κ3) is 1.98. The summed E-state index contributed by atoms with van der Waals surface area (Å²) in [6.07, 6.45) is 1.26. The minimum absolute atomic E-state index is 0.606. The molecule has 1 aromatic carbocycles. The average Bonchev–Trinajstić information content (AvgIpc) is 2.30. The zero-order valence-corrected chi connectivity index (χ0v) is 8.90. The van der Waals surface area contributed by atoms with Crippen molar-refractivity contribution in [2.75, 3.05) is 20.3 Å². The van der Waals surface area contributed by atoms with Crippen molar-refractivity contribution in [2.24, 2.45) is 0 Å². The second-order valence-corrected chi connectivity index (χ2v) is 3.84. The molecule has 1 aliphatic rings. The van der Waals surface area contributed by atoms with Crippen LogP contribution in [0.1, 0.15) is 18.4 Å².